The van der Waals surface area contributed by atoms with E-state index in [9.17, 15) is 15.0 Å². The molecule has 0 amide bonds. The predicted octanol–water partition coefficient (Wildman–Crippen LogP) is 2.92. The number of phenols is 1. The molecular weight excluding hydrogens is 278 g/mol. The lowest BCUT2D eigenvalue weighted by Gasteiger charge is -2.28. The van der Waals surface area contributed by atoms with Gasteiger partial charge in [-0.15, -0.1) is 0 Å². The highest BCUT2D eigenvalue weighted by molar-refractivity contribution is 6.32. The molecule has 0 aromatic heterocycles. The number of carboxylic acids is 1. The van der Waals surface area contributed by atoms with Crippen molar-refractivity contribution in [3.63, 3.8) is 0 Å². The van der Waals surface area contributed by atoms with E-state index in [0.717, 1.165) is 31.2 Å². The summed E-state index contributed by atoms with van der Waals surface area (Å²) in [4.78, 5) is 11.4. The fourth-order valence-corrected chi connectivity index (χ4v) is 3.92. The molecule has 0 heterocycles. The highest BCUT2D eigenvalue weighted by Gasteiger charge is 2.58. The molecule has 2 fully saturated rings. The van der Waals surface area contributed by atoms with Crippen LogP contribution in [0.5, 0.6) is 5.75 Å². The largest absolute Gasteiger partial charge is 0.506 e. The van der Waals surface area contributed by atoms with Gasteiger partial charge in [-0.05, 0) is 38.2 Å². The number of carbonyl (C=O) groups is 1. The number of benzene rings is 1. The molecule has 3 N–H and O–H groups in total. The Morgan fingerprint density at radius 2 is 2.00 bits per heavy atom. The first-order valence-electron chi connectivity index (χ1n) is 6.91. The van der Waals surface area contributed by atoms with Crippen LogP contribution in [0.3, 0.4) is 0 Å². The van der Waals surface area contributed by atoms with Gasteiger partial charge in [-0.2, -0.15) is 0 Å². The zero-order valence-corrected chi connectivity index (χ0v) is 11.9. The first-order valence-corrected chi connectivity index (χ1v) is 7.29. The average Bonchev–Trinajstić information content (AvgIpc) is 2.98. The second kappa shape index (κ2) is 4.64. The van der Waals surface area contributed by atoms with E-state index in [2.05, 4.69) is 5.32 Å². The number of carboxylic acid groups (broad SMARTS) is 1. The van der Waals surface area contributed by atoms with E-state index in [1.807, 2.05) is 12.1 Å². The number of halogens is 1. The van der Waals surface area contributed by atoms with E-state index in [1.165, 1.54) is 0 Å². The maximum atomic E-state index is 11.4. The molecule has 1 aromatic carbocycles. The number of hydrogen-bond donors (Lipinski definition) is 3. The van der Waals surface area contributed by atoms with E-state index in [0.29, 0.717) is 18.0 Å². The number of fused-ring (bicyclic) bond motifs is 2. The Kier molecular flexibility index (Phi) is 3.18. The van der Waals surface area contributed by atoms with Gasteiger partial charge in [0.2, 0.25) is 0 Å². The van der Waals surface area contributed by atoms with Gasteiger partial charge in [0, 0.05) is 17.6 Å². The molecule has 0 atom stereocenters. The van der Waals surface area contributed by atoms with Crippen LogP contribution < -0.4 is 5.32 Å². The number of para-hydroxylation sites is 1. The van der Waals surface area contributed by atoms with Gasteiger partial charge in [0.15, 0.2) is 0 Å². The van der Waals surface area contributed by atoms with Crippen molar-refractivity contribution in [2.45, 2.75) is 44.2 Å². The highest BCUT2D eigenvalue weighted by atomic mass is 35.5. The van der Waals surface area contributed by atoms with Gasteiger partial charge >= 0.3 is 5.97 Å². The molecule has 5 heteroatoms. The minimum atomic E-state index is -0.663. The van der Waals surface area contributed by atoms with Gasteiger partial charge < -0.3 is 15.5 Å². The summed E-state index contributed by atoms with van der Waals surface area (Å²) < 4.78 is 0. The summed E-state index contributed by atoms with van der Waals surface area (Å²) in [5.74, 6) is -0.553. The standard InChI is InChI=1S/C15H18ClNO3/c16-11-3-1-2-10(12(11)18)8-17-15-6-4-14(9-15,5-7-15)13(19)20/h1-3,17-18H,4-9H2,(H,19,20). The van der Waals surface area contributed by atoms with Crippen LogP contribution in [0.1, 0.15) is 37.7 Å². The summed E-state index contributed by atoms with van der Waals surface area (Å²) in [6.07, 6.45) is 3.96. The summed E-state index contributed by atoms with van der Waals surface area (Å²) in [6, 6.07) is 5.29. The number of rotatable bonds is 4. The fourth-order valence-electron chi connectivity index (χ4n) is 3.72. The number of phenolic OH excluding ortho intramolecular Hbond substituents is 1. The molecule has 108 valence electrons. The summed E-state index contributed by atoms with van der Waals surface area (Å²) in [5, 5.41) is 23.1. The van der Waals surface area contributed by atoms with Gasteiger partial charge in [0.05, 0.1) is 10.4 Å². The molecule has 0 aliphatic heterocycles. The van der Waals surface area contributed by atoms with Crippen LogP contribution in [0.15, 0.2) is 18.2 Å². The second-order valence-corrected chi connectivity index (χ2v) is 6.55. The van der Waals surface area contributed by atoms with Crippen molar-refractivity contribution in [2.24, 2.45) is 5.41 Å². The molecule has 3 rings (SSSR count). The maximum absolute atomic E-state index is 11.4. The monoisotopic (exact) mass is 295 g/mol. The molecular formula is C15H18ClNO3. The van der Waals surface area contributed by atoms with Crippen LogP contribution in [0, 0.1) is 5.41 Å². The smallest absolute Gasteiger partial charge is 0.309 e. The average molecular weight is 296 g/mol. The van der Waals surface area contributed by atoms with Gasteiger partial charge in [0.1, 0.15) is 5.75 Å². The van der Waals surface area contributed by atoms with Crippen LogP contribution in [-0.2, 0) is 11.3 Å². The van der Waals surface area contributed by atoms with Crippen LogP contribution in [-0.4, -0.2) is 21.7 Å². The van der Waals surface area contributed by atoms with Gasteiger partial charge in [-0.1, -0.05) is 23.7 Å². The summed E-state index contributed by atoms with van der Waals surface area (Å²) in [7, 11) is 0. The molecule has 2 aliphatic carbocycles. The van der Waals surface area contributed by atoms with E-state index < -0.39 is 11.4 Å². The van der Waals surface area contributed by atoms with E-state index in [-0.39, 0.29) is 11.3 Å². The van der Waals surface area contributed by atoms with Crippen molar-refractivity contribution in [3.8, 4) is 5.75 Å². The molecule has 4 nitrogen and oxygen atoms in total. The minimum absolute atomic E-state index is 0.0901. The molecule has 2 aliphatic rings. The molecule has 0 spiro atoms. The molecule has 0 unspecified atom stereocenters. The SMILES string of the molecule is O=C(O)C12CCC(NCc3cccc(Cl)c3O)(CC1)C2. The molecule has 0 radical (unpaired) electrons. The normalized spacial score (nSPS) is 31.6. The van der Waals surface area contributed by atoms with Crippen molar-refractivity contribution < 1.29 is 15.0 Å². The number of nitrogens with one attached hydrogen (secondary N) is 1. The third-order valence-corrected chi connectivity index (χ3v) is 5.32. The van der Waals surface area contributed by atoms with Gasteiger partial charge in [0.25, 0.3) is 0 Å². The Morgan fingerprint density at radius 1 is 1.30 bits per heavy atom. The molecule has 20 heavy (non-hydrogen) atoms. The Morgan fingerprint density at radius 3 is 2.60 bits per heavy atom. The number of aromatic hydroxyl groups is 1. The van der Waals surface area contributed by atoms with Crippen LogP contribution >= 0.6 is 11.6 Å². The summed E-state index contributed by atoms with van der Waals surface area (Å²) in [6.45, 7) is 0.516. The Bertz CT molecular complexity index is 550. The Hall–Kier alpha value is -1.26. The van der Waals surface area contributed by atoms with Crippen LogP contribution in [0.25, 0.3) is 0 Å². The molecule has 2 bridgehead atoms. The summed E-state index contributed by atoms with van der Waals surface area (Å²) >= 11 is 5.89. The maximum Gasteiger partial charge on any atom is 0.309 e. The quantitative estimate of drug-likeness (QED) is 0.799. The van der Waals surface area contributed by atoms with Crippen molar-refractivity contribution >= 4 is 17.6 Å². The second-order valence-electron chi connectivity index (χ2n) is 6.14. The van der Waals surface area contributed by atoms with Gasteiger partial charge in [-0.3, -0.25) is 4.79 Å². The zero-order valence-electron chi connectivity index (χ0n) is 11.2. The number of aliphatic carboxylic acids is 1. The third-order valence-electron chi connectivity index (χ3n) is 5.02. The lowest BCUT2D eigenvalue weighted by atomic mass is 9.84. The third kappa shape index (κ3) is 2.07. The zero-order chi connectivity index (χ0) is 14.4. The van der Waals surface area contributed by atoms with Gasteiger partial charge in [-0.25, -0.2) is 0 Å². The van der Waals surface area contributed by atoms with E-state index in [4.69, 9.17) is 11.6 Å². The highest BCUT2D eigenvalue weighted by Crippen LogP contribution is 2.56. The molecule has 1 aromatic rings. The van der Waals surface area contributed by atoms with Crippen molar-refractivity contribution in [2.75, 3.05) is 0 Å². The van der Waals surface area contributed by atoms with Crippen molar-refractivity contribution in [1.82, 2.24) is 5.32 Å². The van der Waals surface area contributed by atoms with E-state index in [1.54, 1.807) is 6.07 Å². The van der Waals surface area contributed by atoms with Crippen molar-refractivity contribution in [1.29, 1.82) is 0 Å². The fraction of sp³-hybridized carbons (Fsp3) is 0.533. The minimum Gasteiger partial charge on any atom is -0.506 e. The topological polar surface area (TPSA) is 69.6 Å². The van der Waals surface area contributed by atoms with Crippen LogP contribution in [0.2, 0.25) is 5.02 Å². The summed E-state index contributed by atoms with van der Waals surface area (Å²) in [5.41, 5.74) is 0.142. The predicted molar refractivity (Wildman–Crippen MR) is 75.8 cm³/mol. The molecule has 0 saturated heterocycles. The Balaban J connectivity index is 1.71. The number of hydrogen-bond acceptors (Lipinski definition) is 3. The lowest BCUT2D eigenvalue weighted by molar-refractivity contribution is -0.148. The first kappa shape index (κ1) is 13.7. The van der Waals surface area contributed by atoms with Crippen molar-refractivity contribution in [3.05, 3.63) is 28.8 Å². The van der Waals surface area contributed by atoms with E-state index >= 15 is 0 Å². The lowest BCUT2D eigenvalue weighted by Crippen LogP contribution is -2.40. The molecule has 2 saturated carbocycles. The van der Waals surface area contributed by atoms with Crippen LogP contribution in [0.4, 0.5) is 0 Å². The Labute approximate surface area is 122 Å². The first-order chi connectivity index (χ1) is 9.46.